The van der Waals surface area contributed by atoms with Gasteiger partial charge in [-0.05, 0) is 18.6 Å². The van der Waals surface area contributed by atoms with Gasteiger partial charge in [0, 0.05) is 13.1 Å². The maximum Gasteiger partial charge on any atom is 0.323 e. The van der Waals surface area contributed by atoms with E-state index in [0.29, 0.717) is 5.69 Å². The molecule has 0 saturated heterocycles. The number of likely N-dealkylation sites (N-methyl/N-ethyl adjacent to an activating group) is 1. The zero-order valence-electron chi connectivity index (χ0n) is 9.01. The summed E-state index contributed by atoms with van der Waals surface area (Å²) in [6.07, 6.45) is 0. The van der Waals surface area contributed by atoms with E-state index >= 15 is 0 Å². The van der Waals surface area contributed by atoms with E-state index in [2.05, 4.69) is 0 Å². The molecular formula is C10H12N2O4. The summed E-state index contributed by atoms with van der Waals surface area (Å²) in [5.74, 6) is -1.03. The lowest BCUT2D eigenvalue weighted by molar-refractivity contribution is -0.384. The Labute approximate surface area is 92.3 Å². The van der Waals surface area contributed by atoms with Gasteiger partial charge in [-0.2, -0.15) is 0 Å². The highest BCUT2D eigenvalue weighted by atomic mass is 16.6. The SMILES string of the molecule is Cc1ccc(N(C)CC(=O)O)c([N+](=O)[O-])c1. The minimum Gasteiger partial charge on any atom is -0.480 e. The molecule has 0 spiro atoms. The lowest BCUT2D eigenvalue weighted by Crippen LogP contribution is -2.25. The highest BCUT2D eigenvalue weighted by Crippen LogP contribution is 2.27. The Kier molecular flexibility index (Phi) is 3.44. The monoisotopic (exact) mass is 224 g/mol. The third-order valence-corrected chi connectivity index (χ3v) is 2.11. The Hall–Kier alpha value is -2.11. The fourth-order valence-electron chi connectivity index (χ4n) is 1.39. The molecule has 16 heavy (non-hydrogen) atoms. The van der Waals surface area contributed by atoms with E-state index in [1.54, 1.807) is 19.1 Å². The summed E-state index contributed by atoms with van der Waals surface area (Å²) in [6, 6.07) is 4.69. The Morgan fingerprint density at radius 1 is 1.56 bits per heavy atom. The largest absolute Gasteiger partial charge is 0.480 e. The van der Waals surface area contributed by atoms with Gasteiger partial charge >= 0.3 is 5.97 Å². The third kappa shape index (κ3) is 2.69. The van der Waals surface area contributed by atoms with Crippen LogP contribution in [0.5, 0.6) is 0 Å². The minimum atomic E-state index is -1.03. The van der Waals surface area contributed by atoms with Crippen LogP contribution >= 0.6 is 0 Å². The first-order valence-corrected chi connectivity index (χ1v) is 4.60. The third-order valence-electron chi connectivity index (χ3n) is 2.11. The highest BCUT2D eigenvalue weighted by molar-refractivity contribution is 5.76. The summed E-state index contributed by atoms with van der Waals surface area (Å²) >= 11 is 0. The standard InChI is InChI=1S/C10H12N2O4/c1-7-3-4-8(9(5-7)12(15)16)11(2)6-10(13)14/h3-5H,6H2,1-2H3,(H,13,14). The van der Waals surface area contributed by atoms with E-state index in [1.807, 2.05) is 0 Å². The summed E-state index contributed by atoms with van der Waals surface area (Å²) in [5.41, 5.74) is 0.987. The Morgan fingerprint density at radius 2 is 2.19 bits per heavy atom. The zero-order chi connectivity index (χ0) is 12.3. The average molecular weight is 224 g/mol. The van der Waals surface area contributed by atoms with Crippen molar-refractivity contribution in [2.24, 2.45) is 0 Å². The van der Waals surface area contributed by atoms with Crippen LogP contribution in [0.25, 0.3) is 0 Å². The second-order valence-electron chi connectivity index (χ2n) is 3.50. The normalized spacial score (nSPS) is 9.88. The van der Waals surface area contributed by atoms with Crippen molar-refractivity contribution >= 4 is 17.3 Å². The van der Waals surface area contributed by atoms with Crippen LogP contribution in [0, 0.1) is 17.0 Å². The molecule has 0 radical (unpaired) electrons. The molecule has 0 aliphatic rings. The summed E-state index contributed by atoms with van der Waals surface area (Å²) in [6.45, 7) is 1.47. The fraction of sp³-hybridized carbons (Fsp3) is 0.300. The maximum absolute atomic E-state index is 10.8. The topological polar surface area (TPSA) is 83.7 Å². The molecule has 1 rings (SSSR count). The lowest BCUT2D eigenvalue weighted by atomic mass is 10.2. The van der Waals surface area contributed by atoms with Gasteiger partial charge in [0.05, 0.1) is 4.92 Å². The van der Waals surface area contributed by atoms with Crippen molar-refractivity contribution in [1.29, 1.82) is 0 Å². The number of aryl methyl sites for hydroxylation is 1. The molecule has 6 heteroatoms. The van der Waals surface area contributed by atoms with Crippen molar-refractivity contribution in [3.8, 4) is 0 Å². The number of nitro groups is 1. The number of carboxylic acids is 1. The second kappa shape index (κ2) is 4.61. The van der Waals surface area contributed by atoms with Gasteiger partial charge in [-0.1, -0.05) is 6.07 Å². The summed E-state index contributed by atoms with van der Waals surface area (Å²) in [7, 11) is 1.51. The zero-order valence-corrected chi connectivity index (χ0v) is 9.01. The molecular weight excluding hydrogens is 212 g/mol. The second-order valence-corrected chi connectivity index (χ2v) is 3.50. The molecule has 86 valence electrons. The number of carboxylic acid groups (broad SMARTS) is 1. The van der Waals surface area contributed by atoms with E-state index < -0.39 is 10.9 Å². The molecule has 0 heterocycles. The molecule has 0 saturated carbocycles. The van der Waals surface area contributed by atoms with Crippen molar-refractivity contribution in [3.63, 3.8) is 0 Å². The number of benzene rings is 1. The quantitative estimate of drug-likeness (QED) is 0.617. The first-order chi connectivity index (χ1) is 7.41. The summed E-state index contributed by atoms with van der Waals surface area (Å²) in [4.78, 5) is 22.1. The number of carbonyl (C=O) groups is 1. The maximum atomic E-state index is 10.8. The Morgan fingerprint density at radius 3 is 2.69 bits per heavy atom. The molecule has 0 aliphatic heterocycles. The Bertz CT molecular complexity index is 431. The number of anilines is 1. The predicted octanol–water partition coefficient (Wildman–Crippen LogP) is 1.42. The molecule has 0 fully saturated rings. The van der Waals surface area contributed by atoms with Crippen LogP contribution in [0.4, 0.5) is 11.4 Å². The first kappa shape index (κ1) is 12.0. The molecule has 1 aromatic rings. The van der Waals surface area contributed by atoms with Gasteiger partial charge in [-0.15, -0.1) is 0 Å². The molecule has 0 amide bonds. The van der Waals surface area contributed by atoms with Gasteiger partial charge in [0.1, 0.15) is 12.2 Å². The van der Waals surface area contributed by atoms with Crippen molar-refractivity contribution in [1.82, 2.24) is 0 Å². The van der Waals surface area contributed by atoms with E-state index in [9.17, 15) is 14.9 Å². The van der Waals surface area contributed by atoms with Gasteiger partial charge in [0.15, 0.2) is 0 Å². The molecule has 1 aromatic carbocycles. The van der Waals surface area contributed by atoms with Crippen LogP contribution in [-0.4, -0.2) is 29.6 Å². The number of aliphatic carboxylic acids is 1. The van der Waals surface area contributed by atoms with Gasteiger partial charge in [-0.3, -0.25) is 14.9 Å². The lowest BCUT2D eigenvalue weighted by Gasteiger charge is -2.16. The van der Waals surface area contributed by atoms with Crippen molar-refractivity contribution in [3.05, 3.63) is 33.9 Å². The molecule has 6 nitrogen and oxygen atoms in total. The van der Waals surface area contributed by atoms with Crippen LogP contribution in [0.2, 0.25) is 0 Å². The molecule has 0 aliphatic carbocycles. The van der Waals surface area contributed by atoms with Gasteiger partial charge in [0.2, 0.25) is 0 Å². The fourth-order valence-corrected chi connectivity index (χ4v) is 1.39. The van der Waals surface area contributed by atoms with Crippen LogP contribution in [-0.2, 0) is 4.79 Å². The Balaban J connectivity index is 3.12. The van der Waals surface area contributed by atoms with Crippen molar-refractivity contribution < 1.29 is 14.8 Å². The molecule has 0 aromatic heterocycles. The number of nitrogens with zero attached hydrogens (tertiary/aromatic N) is 2. The molecule has 0 unspecified atom stereocenters. The number of hydrogen-bond donors (Lipinski definition) is 1. The number of hydrogen-bond acceptors (Lipinski definition) is 4. The van der Waals surface area contributed by atoms with Gasteiger partial charge in [-0.25, -0.2) is 0 Å². The van der Waals surface area contributed by atoms with E-state index in [-0.39, 0.29) is 12.2 Å². The van der Waals surface area contributed by atoms with Gasteiger partial charge in [0.25, 0.3) is 5.69 Å². The van der Waals surface area contributed by atoms with Crippen LogP contribution in [0.15, 0.2) is 18.2 Å². The minimum absolute atomic E-state index is 0.0799. The van der Waals surface area contributed by atoms with Crippen LogP contribution < -0.4 is 4.90 Å². The van der Waals surface area contributed by atoms with Gasteiger partial charge < -0.3 is 10.0 Å². The van der Waals surface area contributed by atoms with Crippen LogP contribution in [0.3, 0.4) is 0 Å². The first-order valence-electron chi connectivity index (χ1n) is 4.60. The highest BCUT2D eigenvalue weighted by Gasteiger charge is 2.18. The van der Waals surface area contributed by atoms with E-state index in [4.69, 9.17) is 5.11 Å². The predicted molar refractivity (Wildman–Crippen MR) is 58.7 cm³/mol. The number of nitro benzene ring substituents is 1. The summed E-state index contributed by atoms with van der Waals surface area (Å²) < 4.78 is 0. The van der Waals surface area contributed by atoms with Crippen molar-refractivity contribution in [2.45, 2.75) is 6.92 Å². The molecule has 0 atom stereocenters. The van der Waals surface area contributed by atoms with E-state index in [0.717, 1.165) is 5.56 Å². The molecule has 0 bridgehead atoms. The number of rotatable bonds is 4. The van der Waals surface area contributed by atoms with Crippen molar-refractivity contribution in [2.75, 3.05) is 18.5 Å². The average Bonchev–Trinajstić information content (AvgIpc) is 2.16. The van der Waals surface area contributed by atoms with E-state index in [1.165, 1.54) is 18.0 Å². The molecule has 1 N–H and O–H groups in total. The smallest absolute Gasteiger partial charge is 0.323 e. The summed E-state index contributed by atoms with van der Waals surface area (Å²) in [5, 5.41) is 19.4. The van der Waals surface area contributed by atoms with Crippen LogP contribution in [0.1, 0.15) is 5.56 Å².